The second-order valence-corrected chi connectivity index (χ2v) is 6.00. The topological polar surface area (TPSA) is 41.1 Å². The van der Waals surface area contributed by atoms with Crippen molar-refractivity contribution in [3.8, 4) is 11.1 Å². The summed E-state index contributed by atoms with van der Waals surface area (Å²) in [5.74, 6) is -0.0461. The molecule has 0 aliphatic heterocycles. The number of carbonyl (C=O) groups excluding carboxylic acids is 1. The van der Waals surface area contributed by atoms with E-state index < -0.39 is 0 Å². The first-order chi connectivity index (χ1) is 12.2. The van der Waals surface area contributed by atoms with Crippen LogP contribution in [-0.2, 0) is 4.79 Å². The standard InChI is InChI=1S/C22H22N2O/c1-17(18-8-4-2-5-9-18)23-16-22(25)24-21-14-12-20(13-15-21)19-10-6-3-7-11-19/h2-15,17,23H,16H2,1H3,(H,24,25)/t17-/m1/s1. The molecule has 0 saturated carbocycles. The van der Waals surface area contributed by atoms with Gasteiger partial charge in [-0.3, -0.25) is 4.79 Å². The number of nitrogens with one attached hydrogen (secondary N) is 2. The minimum atomic E-state index is -0.0461. The van der Waals surface area contributed by atoms with Crippen molar-refractivity contribution in [2.24, 2.45) is 0 Å². The fourth-order valence-corrected chi connectivity index (χ4v) is 2.69. The van der Waals surface area contributed by atoms with Crippen molar-refractivity contribution >= 4 is 11.6 Å². The fourth-order valence-electron chi connectivity index (χ4n) is 2.69. The van der Waals surface area contributed by atoms with E-state index in [1.54, 1.807) is 0 Å². The maximum Gasteiger partial charge on any atom is 0.238 e. The molecule has 126 valence electrons. The number of rotatable bonds is 6. The first-order valence-electron chi connectivity index (χ1n) is 8.46. The van der Waals surface area contributed by atoms with Crippen molar-refractivity contribution in [1.29, 1.82) is 0 Å². The first-order valence-corrected chi connectivity index (χ1v) is 8.46. The van der Waals surface area contributed by atoms with Crippen molar-refractivity contribution < 1.29 is 4.79 Å². The predicted molar refractivity (Wildman–Crippen MR) is 103 cm³/mol. The Kier molecular flexibility index (Phi) is 5.60. The maximum atomic E-state index is 12.1. The number of anilines is 1. The minimum Gasteiger partial charge on any atom is -0.325 e. The highest BCUT2D eigenvalue weighted by atomic mass is 16.1. The van der Waals surface area contributed by atoms with Gasteiger partial charge in [0.15, 0.2) is 0 Å². The predicted octanol–water partition coefficient (Wildman–Crippen LogP) is 4.64. The molecule has 0 fully saturated rings. The molecular weight excluding hydrogens is 308 g/mol. The van der Waals surface area contributed by atoms with Crippen LogP contribution in [0.1, 0.15) is 18.5 Å². The summed E-state index contributed by atoms with van der Waals surface area (Å²) in [5.41, 5.74) is 4.27. The van der Waals surface area contributed by atoms with E-state index in [0.717, 1.165) is 11.3 Å². The molecule has 0 heterocycles. The Morgan fingerprint density at radius 3 is 2.00 bits per heavy atom. The Morgan fingerprint density at radius 2 is 1.36 bits per heavy atom. The van der Waals surface area contributed by atoms with E-state index in [4.69, 9.17) is 0 Å². The van der Waals surface area contributed by atoms with Gasteiger partial charge in [0, 0.05) is 11.7 Å². The van der Waals surface area contributed by atoms with Gasteiger partial charge in [-0.15, -0.1) is 0 Å². The number of benzene rings is 3. The molecule has 0 aliphatic rings. The van der Waals surface area contributed by atoms with Crippen LogP contribution in [0.2, 0.25) is 0 Å². The lowest BCUT2D eigenvalue weighted by Gasteiger charge is -2.14. The van der Waals surface area contributed by atoms with E-state index >= 15 is 0 Å². The monoisotopic (exact) mass is 330 g/mol. The quantitative estimate of drug-likeness (QED) is 0.691. The fraction of sp³-hybridized carbons (Fsp3) is 0.136. The number of hydrogen-bond acceptors (Lipinski definition) is 2. The van der Waals surface area contributed by atoms with Crippen molar-refractivity contribution in [2.45, 2.75) is 13.0 Å². The molecular formula is C22H22N2O. The van der Waals surface area contributed by atoms with E-state index in [1.807, 2.05) is 60.7 Å². The van der Waals surface area contributed by atoms with Crippen molar-refractivity contribution in [3.05, 3.63) is 90.5 Å². The normalized spacial score (nSPS) is 11.7. The molecule has 3 aromatic carbocycles. The second kappa shape index (κ2) is 8.27. The highest BCUT2D eigenvalue weighted by molar-refractivity contribution is 5.92. The highest BCUT2D eigenvalue weighted by Gasteiger charge is 2.07. The lowest BCUT2D eigenvalue weighted by Crippen LogP contribution is -2.30. The van der Waals surface area contributed by atoms with Crippen LogP contribution in [0.25, 0.3) is 11.1 Å². The largest absolute Gasteiger partial charge is 0.325 e. The van der Waals surface area contributed by atoms with Crippen molar-refractivity contribution in [1.82, 2.24) is 5.32 Å². The summed E-state index contributed by atoms with van der Waals surface area (Å²) in [6.07, 6.45) is 0. The average Bonchev–Trinajstić information content (AvgIpc) is 2.68. The molecule has 0 aromatic heterocycles. The Hall–Kier alpha value is -2.91. The summed E-state index contributed by atoms with van der Waals surface area (Å²) in [6, 6.07) is 28.3. The Labute approximate surface area is 148 Å². The molecule has 2 N–H and O–H groups in total. The van der Waals surface area contributed by atoms with Crippen LogP contribution in [-0.4, -0.2) is 12.5 Å². The van der Waals surface area contributed by atoms with Gasteiger partial charge in [-0.25, -0.2) is 0 Å². The van der Waals surface area contributed by atoms with Crippen LogP contribution in [0.3, 0.4) is 0 Å². The third-order valence-electron chi connectivity index (χ3n) is 4.14. The van der Waals surface area contributed by atoms with Gasteiger partial charge >= 0.3 is 0 Å². The average molecular weight is 330 g/mol. The summed E-state index contributed by atoms with van der Waals surface area (Å²) in [6.45, 7) is 2.33. The van der Waals surface area contributed by atoms with Crippen LogP contribution >= 0.6 is 0 Å². The van der Waals surface area contributed by atoms with Crippen molar-refractivity contribution in [3.63, 3.8) is 0 Å². The van der Waals surface area contributed by atoms with Crippen LogP contribution in [0.15, 0.2) is 84.9 Å². The molecule has 0 saturated heterocycles. The zero-order valence-electron chi connectivity index (χ0n) is 14.3. The van der Waals surface area contributed by atoms with Gasteiger partial charge in [0.2, 0.25) is 5.91 Å². The van der Waals surface area contributed by atoms with Crippen LogP contribution in [0, 0.1) is 0 Å². The third-order valence-corrected chi connectivity index (χ3v) is 4.14. The molecule has 3 aromatic rings. The molecule has 25 heavy (non-hydrogen) atoms. The maximum absolute atomic E-state index is 12.1. The zero-order valence-corrected chi connectivity index (χ0v) is 14.3. The number of hydrogen-bond donors (Lipinski definition) is 2. The molecule has 3 heteroatoms. The van der Waals surface area contributed by atoms with Gasteiger partial charge in [-0.2, -0.15) is 0 Å². The van der Waals surface area contributed by atoms with E-state index in [1.165, 1.54) is 11.1 Å². The highest BCUT2D eigenvalue weighted by Crippen LogP contribution is 2.21. The van der Waals surface area contributed by atoms with E-state index in [9.17, 15) is 4.79 Å². The SMILES string of the molecule is C[C@@H](NCC(=O)Nc1ccc(-c2ccccc2)cc1)c1ccccc1. The van der Waals surface area contributed by atoms with Gasteiger partial charge < -0.3 is 10.6 Å². The molecule has 0 bridgehead atoms. The van der Waals surface area contributed by atoms with Gasteiger partial charge in [0.25, 0.3) is 0 Å². The summed E-state index contributed by atoms with van der Waals surface area (Å²) < 4.78 is 0. The number of amides is 1. The molecule has 3 rings (SSSR count). The smallest absolute Gasteiger partial charge is 0.238 e. The molecule has 0 radical (unpaired) electrons. The minimum absolute atomic E-state index is 0.0461. The van der Waals surface area contributed by atoms with Gasteiger partial charge in [0.1, 0.15) is 0 Å². The van der Waals surface area contributed by atoms with E-state index in [0.29, 0.717) is 0 Å². The molecule has 3 nitrogen and oxygen atoms in total. The Bertz CT molecular complexity index is 798. The van der Waals surface area contributed by atoms with Crippen LogP contribution < -0.4 is 10.6 Å². The van der Waals surface area contributed by atoms with Crippen LogP contribution in [0.4, 0.5) is 5.69 Å². The molecule has 0 spiro atoms. The number of carbonyl (C=O) groups is 1. The van der Waals surface area contributed by atoms with Gasteiger partial charge in [-0.05, 0) is 35.7 Å². The molecule has 1 amide bonds. The van der Waals surface area contributed by atoms with Gasteiger partial charge in [-0.1, -0.05) is 72.8 Å². The third kappa shape index (κ3) is 4.78. The first kappa shape index (κ1) is 16.9. The summed E-state index contributed by atoms with van der Waals surface area (Å²) in [5, 5.41) is 6.17. The van der Waals surface area contributed by atoms with Crippen LogP contribution in [0.5, 0.6) is 0 Å². The Morgan fingerprint density at radius 1 is 0.800 bits per heavy atom. The summed E-state index contributed by atoms with van der Waals surface area (Å²) in [7, 11) is 0. The lowest BCUT2D eigenvalue weighted by molar-refractivity contribution is -0.115. The molecule has 0 aliphatic carbocycles. The van der Waals surface area contributed by atoms with E-state index in [-0.39, 0.29) is 18.5 Å². The lowest BCUT2D eigenvalue weighted by atomic mass is 10.1. The van der Waals surface area contributed by atoms with Gasteiger partial charge in [0.05, 0.1) is 6.54 Å². The summed E-state index contributed by atoms with van der Waals surface area (Å²) in [4.78, 5) is 12.1. The second-order valence-electron chi connectivity index (χ2n) is 6.00. The molecule has 0 unspecified atom stereocenters. The van der Waals surface area contributed by atoms with Crippen molar-refractivity contribution in [2.75, 3.05) is 11.9 Å². The Balaban J connectivity index is 1.53. The summed E-state index contributed by atoms with van der Waals surface area (Å²) >= 11 is 0. The zero-order chi connectivity index (χ0) is 17.5. The van der Waals surface area contributed by atoms with E-state index in [2.05, 4.69) is 41.8 Å². The molecule has 1 atom stereocenters.